The summed E-state index contributed by atoms with van der Waals surface area (Å²) in [4.78, 5) is 21.3. The number of aromatic nitrogens is 2. The fourth-order valence-corrected chi connectivity index (χ4v) is 4.34. The van der Waals surface area contributed by atoms with Gasteiger partial charge in [-0.15, -0.1) is 0 Å². The molecule has 6 nitrogen and oxygen atoms in total. The van der Waals surface area contributed by atoms with Gasteiger partial charge in [-0.1, -0.05) is 41.7 Å². The van der Waals surface area contributed by atoms with Gasteiger partial charge in [0, 0.05) is 29.0 Å². The highest BCUT2D eigenvalue weighted by molar-refractivity contribution is 7.13. The topological polar surface area (TPSA) is 73.3 Å². The quantitative estimate of drug-likeness (QED) is 0.436. The van der Waals surface area contributed by atoms with Crippen molar-refractivity contribution in [2.24, 2.45) is 0 Å². The van der Waals surface area contributed by atoms with E-state index < -0.39 is 0 Å². The minimum atomic E-state index is -0.147. The maximum atomic E-state index is 12.2. The molecule has 3 heterocycles. The van der Waals surface area contributed by atoms with Crippen molar-refractivity contribution in [3.8, 4) is 16.7 Å². The van der Waals surface area contributed by atoms with Gasteiger partial charge >= 0.3 is 0 Å². The zero-order chi connectivity index (χ0) is 21.8. The van der Waals surface area contributed by atoms with Gasteiger partial charge in [-0.25, -0.2) is 4.98 Å². The second kappa shape index (κ2) is 9.20. The molecule has 1 atom stereocenters. The molecule has 0 saturated heterocycles. The predicted octanol–water partition coefficient (Wildman–Crippen LogP) is 5.33. The highest BCUT2D eigenvalue weighted by Crippen LogP contribution is 2.38. The van der Waals surface area contributed by atoms with Crippen molar-refractivity contribution in [3.05, 3.63) is 101 Å². The third-order valence-corrected chi connectivity index (χ3v) is 6.13. The molecule has 0 fully saturated rings. The van der Waals surface area contributed by atoms with Gasteiger partial charge in [0.2, 0.25) is 0 Å². The third kappa shape index (κ3) is 4.63. The number of benzene rings is 2. The average molecular weight is 444 g/mol. The summed E-state index contributed by atoms with van der Waals surface area (Å²) in [5.41, 5.74) is 2.91. The molecule has 1 aliphatic heterocycles. The van der Waals surface area contributed by atoms with Crippen LogP contribution >= 0.6 is 11.3 Å². The number of thiazole rings is 1. The van der Waals surface area contributed by atoms with Crippen LogP contribution in [0.5, 0.6) is 16.7 Å². The summed E-state index contributed by atoms with van der Waals surface area (Å²) in [6.07, 6.45) is 6.85. The predicted molar refractivity (Wildman–Crippen MR) is 122 cm³/mol. The second-order valence-electron chi connectivity index (χ2n) is 7.44. The SMILES string of the molecule is O=C(NCc1cnc(Oc2ccc3c(c2)CCC(c2ccccc2)O3)s1)c1ccncc1. The number of carbonyl (C=O) groups is 1. The number of rotatable bonds is 6. The smallest absolute Gasteiger partial charge is 0.278 e. The molecule has 7 heteroatoms. The molecule has 160 valence electrons. The van der Waals surface area contributed by atoms with Gasteiger partial charge in [-0.05, 0) is 54.3 Å². The molecule has 5 rings (SSSR count). The summed E-state index contributed by atoms with van der Waals surface area (Å²) >= 11 is 1.41. The van der Waals surface area contributed by atoms with Crippen LogP contribution in [-0.4, -0.2) is 15.9 Å². The van der Waals surface area contributed by atoms with Gasteiger partial charge in [0.25, 0.3) is 11.1 Å². The first-order valence-electron chi connectivity index (χ1n) is 10.4. The van der Waals surface area contributed by atoms with Crippen molar-refractivity contribution in [3.63, 3.8) is 0 Å². The van der Waals surface area contributed by atoms with Crippen LogP contribution in [0.3, 0.4) is 0 Å². The molecular formula is C25H21N3O3S. The molecule has 4 aromatic rings. The number of aryl methyl sites for hydroxylation is 1. The van der Waals surface area contributed by atoms with Crippen molar-refractivity contribution < 1.29 is 14.3 Å². The second-order valence-corrected chi connectivity index (χ2v) is 8.52. The highest BCUT2D eigenvalue weighted by atomic mass is 32.1. The monoisotopic (exact) mass is 443 g/mol. The average Bonchev–Trinajstić information content (AvgIpc) is 3.30. The van der Waals surface area contributed by atoms with E-state index in [1.54, 1.807) is 30.7 Å². The third-order valence-electron chi connectivity index (χ3n) is 5.25. The Labute approximate surface area is 189 Å². The standard InChI is InChI=1S/C25H21N3O3S/c29-24(18-10-12-26-13-11-18)27-15-21-16-28-25(32-21)30-20-7-9-23-19(14-20)6-8-22(31-23)17-4-2-1-3-5-17/h1-5,7,9-14,16,22H,6,8,15H2,(H,27,29). The molecular weight excluding hydrogens is 422 g/mol. The van der Waals surface area contributed by atoms with E-state index in [-0.39, 0.29) is 12.0 Å². The van der Waals surface area contributed by atoms with Crippen LogP contribution in [0.25, 0.3) is 0 Å². The first-order valence-corrected chi connectivity index (χ1v) is 11.2. The summed E-state index contributed by atoms with van der Waals surface area (Å²) in [5.74, 6) is 1.48. The zero-order valence-electron chi connectivity index (χ0n) is 17.2. The summed E-state index contributed by atoms with van der Waals surface area (Å²) in [6.45, 7) is 0.390. The normalized spacial score (nSPS) is 14.8. The fraction of sp³-hybridized carbons (Fsp3) is 0.160. The summed E-state index contributed by atoms with van der Waals surface area (Å²) in [6, 6.07) is 19.5. The van der Waals surface area contributed by atoms with Gasteiger partial charge in [0.1, 0.15) is 17.6 Å². The number of hydrogen-bond acceptors (Lipinski definition) is 6. The maximum Gasteiger partial charge on any atom is 0.278 e. The Hall–Kier alpha value is -3.71. The zero-order valence-corrected chi connectivity index (χ0v) is 18.0. The molecule has 1 amide bonds. The largest absolute Gasteiger partial charge is 0.485 e. The van der Waals surface area contributed by atoms with E-state index in [4.69, 9.17) is 9.47 Å². The van der Waals surface area contributed by atoms with Crippen LogP contribution in [0.1, 0.15) is 38.9 Å². The fourth-order valence-electron chi connectivity index (χ4n) is 3.62. The van der Waals surface area contributed by atoms with Gasteiger partial charge in [0.05, 0.1) is 6.54 Å². The molecule has 0 radical (unpaired) electrons. The van der Waals surface area contributed by atoms with Crippen molar-refractivity contribution in [1.29, 1.82) is 0 Å². The molecule has 0 spiro atoms. The molecule has 1 aliphatic rings. The van der Waals surface area contributed by atoms with E-state index in [1.807, 2.05) is 36.4 Å². The lowest BCUT2D eigenvalue weighted by Gasteiger charge is -2.26. The van der Waals surface area contributed by atoms with Crippen molar-refractivity contribution >= 4 is 17.2 Å². The Balaban J connectivity index is 1.20. The number of ether oxygens (including phenoxy) is 2. The summed E-state index contributed by atoms with van der Waals surface area (Å²) in [7, 11) is 0. The summed E-state index contributed by atoms with van der Waals surface area (Å²) < 4.78 is 12.2. The van der Waals surface area contributed by atoms with Crippen LogP contribution in [0.15, 0.2) is 79.3 Å². The van der Waals surface area contributed by atoms with Crippen LogP contribution in [-0.2, 0) is 13.0 Å². The molecule has 1 N–H and O–H groups in total. The maximum absolute atomic E-state index is 12.2. The van der Waals surface area contributed by atoms with E-state index >= 15 is 0 Å². The van der Waals surface area contributed by atoms with Gasteiger partial charge in [-0.3, -0.25) is 9.78 Å². The lowest BCUT2D eigenvalue weighted by molar-refractivity contribution is 0.0951. The number of fused-ring (bicyclic) bond motifs is 1. The lowest BCUT2D eigenvalue weighted by Crippen LogP contribution is -2.22. The first kappa shape index (κ1) is 20.2. The lowest BCUT2D eigenvalue weighted by atomic mass is 9.97. The molecule has 0 saturated carbocycles. The van der Waals surface area contributed by atoms with Crippen molar-refractivity contribution in [2.75, 3.05) is 0 Å². The van der Waals surface area contributed by atoms with Crippen LogP contribution < -0.4 is 14.8 Å². The first-order chi connectivity index (χ1) is 15.7. The molecule has 0 bridgehead atoms. The molecule has 32 heavy (non-hydrogen) atoms. The van der Waals surface area contributed by atoms with E-state index in [0.29, 0.717) is 17.3 Å². The Morgan fingerprint density at radius 2 is 1.97 bits per heavy atom. The number of pyridine rings is 1. The van der Waals surface area contributed by atoms with Crippen LogP contribution in [0.4, 0.5) is 0 Å². The number of nitrogens with one attached hydrogen (secondary N) is 1. The van der Waals surface area contributed by atoms with Crippen LogP contribution in [0, 0.1) is 0 Å². The van der Waals surface area contributed by atoms with E-state index in [1.165, 1.54) is 16.9 Å². The van der Waals surface area contributed by atoms with Gasteiger partial charge in [-0.2, -0.15) is 0 Å². The van der Waals surface area contributed by atoms with E-state index in [2.05, 4.69) is 27.4 Å². The Morgan fingerprint density at radius 3 is 2.81 bits per heavy atom. The van der Waals surface area contributed by atoms with Gasteiger partial charge < -0.3 is 14.8 Å². The Kier molecular flexibility index (Phi) is 5.81. The number of carbonyl (C=O) groups excluding carboxylic acids is 1. The minimum Gasteiger partial charge on any atom is -0.485 e. The Morgan fingerprint density at radius 1 is 1.12 bits per heavy atom. The Bertz CT molecular complexity index is 1210. The molecule has 1 unspecified atom stereocenters. The van der Waals surface area contributed by atoms with Gasteiger partial charge in [0.15, 0.2) is 0 Å². The minimum absolute atomic E-state index is 0.0827. The number of nitrogens with zero attached hydrogens (tertiary/aromatic N) is 2. The van der Waals surface area contributed by atoms with Crippen LogP contribution in [0.2, 0.25) is 0 Å². The van der Waals surface area contributed by atoms with E-state index in [0.717, 1.165) is 34.8 Å². The van der Waals surface area contributed by atoms with Crippen molar-refractivity contribution in [1.82, 2.24) is 15.3 Å². The highest BCUT2D eigenvalue weighted by Gasteiger charge is 2.21. The number of hydrogen-bond donors (Lipinski definition) is 1. The number of amides is 1. The van der Waals surface area contributed by atoms with Crippen molar-refractivity contribution in [2.45, 2.75) is 25.5 Å². The van der Waals surface area contributed by atoms with E-state index in [9.17, 15) is 4.79 Å². The molecule has 2 aromatic heterocycles. The molecule has 0 aliphatic carbocycles. The molecule has 2 aromatic carbocycles. The summed E-state index contributed by atoms with van der Waals surface area (Å²) in [5, 5.41) is 3.42.